The molecule has 1 atom stereocenters. The van der Waals surface area contributed by atoms with Crippen LogP contribution in [0.4, 0.5) is 0 Å². The molecule has 2 aromatic carbocycles. The summed E-state index contributed by atoms with van der Waals surface area (Å²) in [6, 6.07) is 14.5. The van der Waals surface area contributed by atoms with Gasteiger partial charge in [0.2, 0.25) is 0 Å². The molecule has 2 aromatic rings. The maximum absolute atomic E-state index is 10.7. The number of hydrogen-bond acceptors (Lipinski definition) is 5. The summed E-state index contributed by atoms with van der Waals surface area (Å²) in [6.45, 7) is 2.56. The lowest BCUT2D eigenvalue weighted by molar-refractivity contribution is -0.111. The molecule has 1 aliphatic heterocycles. The third kappa shape index (κ3) is 5.46. The van der Waals surface area contributed by atoms with Gasteiger partial charge in [-0.05, 0) is 42.8 Å². The van der Waals surface area contributed by atoms with Crippen LogP contribution in [0.2, 0.25) is 5.02 Å². The molecule has 25 heavy (non-hydrogen) atoms. The van der Waals surface area contributed by atoms with Crippen LogP contribution < -0.4 is 9.47 Å². The summed E-state index contributed by atoms with van der Waals surface area (Å²) in [5.41, 5.74) is 0.613. The summed E-state index contributed by atoms with van der Waals surface area (Å²) in [5, 5.41) is 2.58. The first-order valence-electron chi connectivity index (χ1n) is 8.21. The van der Waals surface area contributed by atoms with Gasteiger partial charge in [-0.15, -0.1) is 0 Å². The Labute approximate surface area is 152 Å². The van der Waals surface area contributed by atoms with Gasteiger partial charge in [-0.2, -0.15) is 5.06 Å². The Morgan fingerprint density at radius 1 is 1.20 bits per heavy atom. The number of nitrogens with zero attached hydrogens (tertiary/aromatic N) is 1. The molecule has 1 fully saturated rings. The highest BCUT2D eigenvalue weighted by molar-refractivity contribution is 6.30. The van der Waals surface area contributed by atoms with Gasteiger partial charge in [-0.3, -0.25) is 9.63 Å². The van der Waals surface area contributed by atoms with Crippen molar-refractivity contribution in [1.29, 1.82) is 0 Å². The lowest BCUT2D eigenvalue weighted by Gasteiger charge is -2.15. The molecule has 1 unspecified atom stereocenters. The smallest absolute Gasteiger partial charge is 0.150 e. The number of ether oxygens (including phenoxy) is 2. The first kappa shape index (κ1) is 17.7. The molecule has 1 aliphatic rings. The van der Waals surface area contributed by atoms with Crippen LogP contribution in [0, 0.1) is 0 Å². The average Bonchev–Trinajstić information content (AvgIpc) is 3.08. The molecule has 0 saturated carbocycles. The standard InChI is InChI=1S/C19H20ClNO4/c20-16-5-7-17(8-6-16)25-19-12-21(24-14-19)9-2-10-23-18-4-1-3-15(11-18)13-22/h1,3-8,11,13,19H,2,9-10,12,14H2. The number of hydrogen-bond donors (Lipinski definition) is 0. The third-order valence-electron chi connectivity index (χ3n) is 3.78. The third-order valence-corrected chi connectivity index (χ3v) is 4.03. The Kier molecular flexibility index (Phi) is 6.28. The maximum atomic E-state index is 10.7. The lowest BCUT2D eigenvalue weighted by atomic mass is 10.2. The topological polar surface area (TPSA) is 48.0 Å². The molecule has 1 heterocycles. The van der Waals surface area contributed by atoms with Crippen molar-refractivity contribution in [2.75, 3.05) is 26.3 Å². The quantitative estimate of drug-likeness (QED) is 0.531. The zero-order valence-electron chi connectivity index (χ0n) is 13.8. The van der Waals surface area contributed by atoms with Crippen LogP contribution in [0.15, 0.2) is 48.5 Å². The van der Waals surface area contributed by atoms with Crippen molar-refractivity contribution in [3.8, 4) is 11.5 Å². The second kappa shape index (κ2) is 8.85. The van der Waals surface area contributed by atoms with E-state index in [1.54, 1.807) is 30.3 Å². The van der Waals surface area contributed by atoms with E-state index in [0.717, 1.165) is 25.0 Å². The number of aldehydes is 1. The van der Waals surface area contributed by atoms with E-state index < -0.39 is 0 Å². The maximum Gasteiger partial charge on any atom is 0.150 e. The predicted octanol–water partition coefficient (Wildman–Crippen LogP) is 3.62. The summed E-state index contributed by atoms with van der Waals surface area (Å²) in [7, 11) is 0. The molecular weight excluding hydrogens is 342 g/mol. The summed E-state index contributed by atoms with van der Waals surface area (Å²) in [5.74, 6) is 1.49. The average molecular weight is 362 g/mol. The first-order chi connectivity index (χ1) is 12.2. The predicted molar refractivity (Wildman–Crippen MR) is 95.3 cm³/mol. The van der Waals surface area contributed by atoms with E-state index in [2.05, 4.69) is 0 Å². The van der Waals surface area contributed by atoms with Crippen molar-refractivity contribution in [3.05, 3.63) is 59.1 Å². The van der Waals surface area contributed by atoms with E-state index >= 15 is 0 Å². The van der Waals surface area contributed by atoms with Gasteiger partial charge < -0.3 is 9.47 Å². The summed E-state index contributed by atoms with van der Waals surface area (Å²) < 4.78 is 11.5. The number of benzene rings is 2. The van der Waals surface area contributed by atoms with Gasteiger partial charge in [0.25, 0.3) is 0 Å². The van der Waals surface area contributed by atoms with Gasteiger partial charge in [0.1, 0.15) is 30.5 Å². The molecule has 132 valence electrons. The number of halogens is 1. The van der Waals surface area contributed by atoms with Crippen molar-refractivity contribution in [3.63, 3.8) is 0 Å². The highest BCUT2D eigenvalue weighted by atomic mass is 35.5. The first-order valence-corrected chi connectivity index (χ1v) is 8.59. The van der Waals surface area contributed by atoms with Crippen LogP contribution in [-0.4, -0.2) is 43.8 Å². The van der Waals surface area contributed by atoms with Gasteiger partial charge in [-0.25, -0.2) is 0 Å². The van der Waals surface area contributed by atoms with Crippen molar-refractivity contribution in [2.24, 2.45) is 0 Å². The van der Waals surface area contributed by atoms with Crippen LogP contribution >= 0.6 is 11.6 Å². The van der Waals surface area contributed by atoms with Gasteiger partial charge in [-0.1, -0.05) is 23.7 Å². The lowest BCUT2D eigenvalue weighted by Crippen LogP contribution is -2.26. The van der Waals surface area contributed by atoms with Crippen molar-refractivity contribution >= 4 is 17.9 Å². The molecule has 0 amide bonds. The number of carbonyl (C=O) groups is 1. The Bertz CT molecular complexity index is 692. The Hall–Kier alpha value is -2.08. The minimum atomic E-state index is 0.00590. The van der Waals surface area contributed by atoms with Crippen molar-refractivity contribution in [2.45, 2.75) is 12.5 Å². The molecule has 0 spiro atoms. The fourth-order valence-electron chi connectivity index (χ4n) is 2.56. The fraction of sp³-hybridized carbons (Fsp3) is 0.316. The molecule has 6 heteroatoms. The van der Waals surface area contributed by atoms with Crippen molar-refractivity contribution in [1.82, 2.24) is 5.06 Å². The molecule has 1 saturated heterocycles. The molecule has 0 bridgehead atoms. The monoisotopic (exact) mass is 361 g/mol. The molecule has 3 rings (SSSR count). The van der Waals surface area contributed by atoms with Gasteiger partial charge >= 0.3 is 0 Å². The summed E-state index contributed by atoms with van der Waals surface area (Å²) in [4.78, 5) is 16.4. The largest absolute Gasteiger partial charge is 0.494 e. The van der Waals surface area contributed by atoms with E-state index in [-0.39, 0.29) is 6.10 Å². The van der Waals surface area contributed by atoms with Crippen molar-refractivity contribution < 1.29 is 19.1 Å². The zero-order valence-corrected chi connectivity index (χ0v) is 14.5. The highest BCUT2D eigenvalue weighted by Gasteiger charge is 2.24. The van der Waals surface area contributed by atoms with Gasteiger partial charge in [0.05, 0.1) is 13.2 Å². The van der Waals surface area contributed by atoms with Crippen LogP contribution in [0.25, 0.3) is 0 Å². The molecule has 0 aliphatic carbocycles. The minimum absolute atomic E-state index is 0.00590. The summed E-state index contributed by atoms with van der Waals surface area (Å²) in [6.07, 6.45) is 1.64. The molecule has 0 aromatic heterocycles. The van der Waals surface area contributed by atoms with Crippen LogP contribution in [0.5, 0.6) is 11.5 Å². The number of hydroxylamine groups is 2. The van der Waals surface area contributed by atoms with Crippen LogP contribution in [0.3, 0.4) is 0 Å². The normalized spacial score (nSPS) is 17.4. The number of carbonyl (C=O) groups excluding carboxylic acids is 1. The second-order valence-electron chi connectivity index (χ2n) is 5.77. The Morgan fingerprint density at radius 3 is 2.84 bits per heavy atom. The van der Waals surface area contributed by atoms with E-state index in [9.17, 15) is 4.79 Å². The fourth-order valence-corrected chi connectivity index (χ4v) is 2.69. The Morgan fingerprint density at radius 2 is 2.04 bits per heavy atom. The zero-order chi connectivity index (χ0) is 17.5. The van der Waals surface area contributed by atoms with Crippen LogP contribution in [0.1, 0.15) is 16.8 Å². The van der Waals surface area contributed by atoms with Gasteiger partial charge in [0, 0.05) is 17.1 Å². The van der Waals surface area contributed by atoms with E-state index in [4.69, 9.17) is 25.9 Å². The SMILES string of the molecule is O=Cc1cccc(OCCCN2CC(Oc3ccc(Cl)cc3)CO2)c1. The molecular formula is C19H20ClNO4. The molecule has 5 nitrogen and oxygen atoms in total. The van der Waals surface area contributed by atoms with Gasteiger partial charge in [0.15, 0.2) is 0 Å². The second-order valence-corrected chi connectivity index (χ2v) is 6.21. The Balaban J connectivity index is 1.35. The van der Waals surface area contributed by atoms with E-state index in [1.807, 2.05) is 23.3 Å². The molecule has 0 N–H and O–H groups in total. The van der Waals surface area contributed by atoms with E-state index in [1.165, 1.54) is 0 Å². The summed E-state index contributed by atoms with van der Waals surface area (Å²) >= 11 is 5.87. The van der Waals surface area contributed by atoms with E-state index in [0.29, 0.717) is 36.1 Å². The highest BCUT2D eigenvalue weighted by Crippen LogP contribution is 2.19. The molecule has 0 radical (unpaired) electrons. The minimum Gasteiger partial charge on any atom is -0.494 e. The van der Waals surface area contributed by atoms with Crippen LogP contribution in [-0.2, 0) is 4.84 Å². The number of rotatable bonds is 8.